The van der Waals surface area contributed by atoms with Crippen LogP contribution in [-0.4, -0.2) is 19.1 Å². The first kappa shape index (κ1) is 18.8. The Hall–Kier alpha value is -2.49. The molecule has 0 aliphatic heterocycles. The van der Waals surface area contributed by atoms with Crippen LogP contribution in [0.1, 0.15) is 43.9 Å². The van der Waals surface area contributed by atoms with E-state index in [4.69, 9.17) is 9.47 Å². The average molecular weight is 341 g/mol. The molecule has 0 heterocycles. The predicted octanol–water partition coefficient (Wildman–Crippen LogP) is 4.43. The van der Waals surface area contributed by atoms with E-state index < -0.39 is 6.10 Å². The van der Waals surface area contributed by atoms with Crippen molar-refractivity contribution in [1.82, 2.24) is 5.32 Å². The normalized spacial score (nSPS) is 13.0. The summed E-state index contributed by atoms with van der Waals surface area (Å²) >= 11 is 0. The molecule has 0 unspecified atom stereocenters. The Bertz CT molecular complexity index is 685. The molecule has 0 bridgehead atoms. The van der Waals surface area contributed by atoms with Crippen LogP contribution in [0.2, 0.25) is 0 Å². The number of nitrogens with one attached hydrogen (secondary N) is 1. The second-order valence-electron chi connectivity index (χ2n) is 6.03. The number of amides is 1. The van der Waals surface area contributed by atoms with Gasteiger partial charge in [0.2, 0.25) is 0 Å². The number of carbonyl (C=O) groups is 1. The van der Waals surface area contributed by atoms with Crippen LogP contribution in [0.4, 0.5) is 0 Å². The molecule has 134 valence electrons. The Morgan fingerprint density at radius 3 is 2.36 bits per heavy atom. The van der Waals surface area contributed by atoms with Gasteiger partial charge in [-0.2, -0.15) is 0 Å². The van der Waals surface area contributed by atoms with Gasteiger partial charge in [-0.25, -0.2) is 0 Å². The molecule has 0 aliphatic carbocycles. The van der Waals surface area contributed by atoms with E-state index in [1.807, 2.05) is 56.3 Å². The number of rotatable bonds is 8. The van der Waals surface area contributed by atoms with Crippen molar-refractivity contribution in [3.8, 4) is 11.5 Å². The third-order valence-corrected chi connectivity index (χ3v) is 4.23. The van der Waals surface area contributed by atoms with Gasteiger partial charge in [-0.05, 0) is 49.1 Å². The number of methoxy groups -OCH3 is 1. The Balaban J connectivity index is 2.08. The largest absolute Gasteiger partial charge is 0.496 e. The van der Waals surface area contributed by atoms with Crippen molar-refractivity contribution >= 4 is 5.91 Å². The fourth-order valence-electron chi connectivity index (χ4n) is 2.79. The van der Waals surface area contributed by atoms with Crippen molar-refractivity contribution < 1.29 is 14.3 Å². The van der Waals surface area contributed by atoms with E-state index in [1.165, 1.54) is 0 Å². The Labute approximate surface area is 150 Å². The summed E-state index contributed by atoms with van der Waals surface area (Å²) in [6, 6.07) is 15.4. The molecule has 0 aromatic heterocycles. The summed E-state index contributed by atoms with van der Waals surface area (Å²) in [6.07, 6.45) is 0.911. The first-order chi connectivity index (χ1) is 12.1. The number of para-hydroxylation sites is 1. The zero-order valence-electron chi connectivity index (χ0n) is 15.4. The van der Waals surface area contributed by atoms with E-state index >= 15 is 0 Å². The minimum atomic E-state index is -0.504. The molecule has 1 N–H and O–H groups in total. The summed E-state index contributed by atoms with van der Waals surface area (Å²) in [5.74, 6) is 1.47. The zero-order chi connectivity index (χ0) is 18.2. The monoisotopic (exact) mass is 341 g/mol. The van der Waals surface area contributed by atoms with Crippen LogP contribution in [0.25, 0.3) is 0 Å². The van der Waals surface area contributed by atoms with Crippen LogP contribution in [0.15, 0.2) is 48.5 Å². The van der Waals surface area contributed by atoms with Gasteiger partial charge in [0, 0.05) is 0 Å². The zero-order valence-corrected chi connectivity index (χ0v) is 15.4. The van der Waals surface area contributed by atoms with Gasteiger partial charge in [-0.15, -0.1) is 0 Å². The number of hydrogen-bond acceptors (Lipinski definition) is 3. The molecule has 0 spiro atoms. The third-order valence-electron chi connectivity index (χ3n) is 4.23. The van der Waals surface area contributed by atoms with Crippen molar-refractivity contribution in [2.75, 3.05) is 7.11 Å². The molecular weight excluding hydrogens is 314 g/mol. The van der Waals surface area contributed by atoms with Crippen LogP contribution >= 0.6 is 0 Å². The number of ether oxygens (including phenoxy) is 2. The molecule has 0 saturated carbocycles. The number of benzene rings is 2. The number of carbonyl (C=O) groups excluding carboxylic acids is 1. The second kappa shape index (κ2) is 9.11. The van der Waals surface area contributed by atoms with Gasteiger partial charge in [0.1, 0.15) is 11.5 Å². The Morgan fingerprint density at radius 1 is 1.08 bits per heavy atom. The van der Waals surface area contributed by atoms with E-state index in [9.17, 15) is 4.79 Å². The minimum Gasteiger partial charge on any atom is -0.496 e. The summed E-state index contributed by atoms with van der Waals surface area (Å²) in [6.45, 7) is 6.01. The molecule has 2 aromatic rings. The summed E-state index contributed by atoms with van der Waals surface area (Å²) in [5.41, 5.74) is 2.13. The lowest BCUT2D eigenvalue weighted by atomic mass is 10.0. The molecule has 0 radical (unpaired) electrons. The van der Waals surface area contributed by atoms with E-state index in [1.54, 1.807) is 7.11 Å². The third kappa shape index (κ3) is 4.99. The highest BCUT2D eigenvalue weighted by Crippen LogP contribution is 2.24. The molecule has 4 heteroatoms. The van der Waals surface area contributed by atoms with Crippen LogP contribution in [-0.2, 0) is 4.79 Å². The smallest absolute Gasteiger partial charge is 0.261 e. The number of hydrogen-bond donors (Lipinski definition) is 1. The van der Waals surface area contributed by atoms with Gasteiger partial charge in [0.25, 0.3) is 5.91 Å². The van der Waals surface area contributed by atoms with Gasteiger partial charge in [-0.1, -0.05) is 44.2 Å². The van der Waals surface area contributed by atoms with Crippen molar-refractivity contribution in [3.63, 3.8) is 0 Å². The molecule has 0 saturated heterocycles. The minimum absolute atomic E-state index is 0.0504. The lowest BCUT2D eigenvalue weighted by Gasteiger charge is -2.23. The molecule has 25 heavy (non-hydrogen) atoms. The van der Waals surface area contributed by atoms with Crippen LogP contribution < -0.4 is 14.8 Å². The molecule has 4 nitrogen and oxygen atoms in total. The molecule has 2 rings (SSSR count). The van der Waals surface area contributed by atoms with Gasteiger partial charge in [-0.3, -0.25) is 4.79 Å². The predicted molar refractivity (Wildman–Crippen MR) is 100 cm³/mol. The topological polar surface area (TPSA) is 47.6 Å². The maximum Gasteiger partial charge on any atom is 0.261 e. The summed E-state index contributed by atoms with van der Waals surface area (Å²) in [7, 11) is 1.66. The highest BCUT2D eigenvalue weighted by Gasteiger charge is 2.22. The first-order valence-electron chi connectivity index (χ1n) is 8.75. The Kier molecular flexibility index (Phi) is 6.87. The summed E-state index contributed by atoms with van der Waals surface area (Å²) in [4.78, 5) is 12.7. The first-order valence-corrected chi connectivity index (χ1v) is 8.75. The van der Waals surface area contributed by atoms with Crippen LogP contribution in [0.5, 0.6) is 11.5 Å². The molecule has 2 aromatic carbocycles. The SMILES string of the molecule is CC[C@H](Oc1ccccc1)C(=O)N[C@H](CC)c1ccc(OC)c(C)c1. The van der Waals surface area contributed by atoms with Crippen molar-refractivity contribution in [3.05, 3.63) is 59.7 Å². The highest BCUT2D eigenvalue weighted by molar-refractivity contribution is 5.81. The standard InChI is InChI=1S/C21H27NO3/c1-5-18(16-12-13-20(24-4)15(3)14-16)22-21(23)19(6-2)25-17-10-8-7-9-11-17/h7-14,18-19H,5-6H2,1-4H3,(H,22,23)/t18-,19+/m1/s1. The maximum atomic E-state index is 12.7. The molecular formula is C21H27NO3. The molecule has 0 fully saturated rings. The van der Waals surface area contributed by atoms with Crippen LogP contribution in [0, 0.1) is 6.92 Å². The summed E-state index contributed by atoms with van der Waals surface area (Å²) in [5, 5.41) is 3.11. The van der Waals surface area contributed by atoms with Crippen molar-refractivity contribution in [1.29, 1.82) is 0 Å². The maximum absolute atomic E-state index is 12.7. The lowest BCUT2D eigenvalue weighted by Crippen LogP contribution is -2.39. The lowest BCUT2D eigenvalue weighted by molar-refractivity contribution is -0.128. The van der Waals surface area contributed by atoms with Gasteiger partial charge in [0.05, 0.1) is 13.2 Å². The molecule has 1 amide bonds. The fraction of sp³-hybridized carbons (Fsp3) is 0.381. The second-order valence-corrected chi connectivity index (χ2v) is 6.03. The van der Waals surface area contributed by atoms with E-state index in [0.29, 0.717) is 12.2 Å². The van der Waals surface area contributed by atoms with Gasteiger partial charge >= 0.3 is 0 Å². The fourth-order valence-corrected chi connectivity index (χ4v) is 2.79. The van der Waals surface area contributed by atoms with Crippen molar-refractivity contribution in [2.45, 2.75) is 45.8 Å². The Morgan fingerprint density at radius 2 is 1.80 bits per heavy atom. The van der Waals surface area contributed by atoms with E-state index in [0.717, 1.165) is 23.3 Å². The van der Waals surface area contributed by atoms with Crippen molar-refractivity contribution in [2.24, 2.45) is 0 Å². The average Bonchev–Trinajstić information content (AvgIpc) is 2.64. The van der Waals surface area contributed by atoms with Gasteiger partial charge < -0.3 is 14.8 Å². The van der Waals surface area contributed by atoms with E-state index in [-0.39, 0.29) is 11.9 Å². The molecule has 0 aliphatic rings. The van der Waals surface area contributed by atoms with Crippen LogP contribution in [0.3, 0.4) is 0 Å². The molecule has 2 atom stereocenters. The number of aryl methyl sites for hydroxylation is 1. The van der Waals surface area contributed by atoms with E-state index in [2.05, 4.69) is 18.3 Å². The quantitative estimate of drug-likeness (QED) is 0.773. The van der Waals surface area contributed by atoms with Gasteiger partial charge in [0.15, 0.2) is 6.10 Å². The highest BCUT2D eigenvalue weighted by atomic mass is 16.5. The summed E-state index contributed by atoms with van der Waals surface area (Å²) < 4.78 is 11.1.